The summed E-state index contributed by atoms with van der Waals surface area (Å²) in [7, 11) is 0. The van der Waals surface area contributed by atoms with E-state index in [2.05, 4.69) is 0 Å². The van der Waals surface area contributed by atoms with Gasteiger partial charge in [0, 0.05) is 6.61 Å². The molecular weight excluding hydrogens is 316 g/mol. The molecular formula is C21H24O4. The van der Waals surface area contributed by atoms with Gasteiger partial charge in [0.2, 0.25) is 0 Å². The summed E-state index contributed by atoms with van der Waals surface area (Å²) in [5, 5.41) is 0. The molecule has 4 nitrogen and oxygen atoms in total. The van der Waals surface area contributed by atoms with Crippen LogP contribution in [0.5, 0.6) is 5.75 Å². The topological polar surface area (TPSA) is 44.8 Å². The van der Waals surface area contributed by atoms with Gasteiger partial charge in [-0.2, -0.15) is 0 Å². The number of ether oxygens (including phenoxy) is 3. The predicted molar refractivity (Wildman–Crippen MR) is 98.3 cm³/mol. The summed E-state index contributed by atoms with van der Waals surface area (Å²) in [5.41, 5.74) is 2.08. The lowest BCUT2D eigenvalue weighted by Crippen LogP contribution is -2.24. The van der Waals surface area contributed by atoms with Crippen molar-refractivity contribution in [3.05, 3.63) is 71.8 Å². The summed E-state index contributed by atoms with van der Waals surface area (Å²) < 4.78 is 16.2. The van der Waals surface area contributed by atoms with E-state index in [-0.39, 0.29) is 5.97 Å². The van der Waals surface area contributed by atoms with Crippen molar-refractivity contribution >= 4 is 12.0 Å². The van der Waals surface area contributed by atoms with Crippen molar-refractivity contribution in [2.75, 3.05) is 13.2 Å². The van der Waals surface area contributed by atoms with E-state index in [0.717, 1.165) is 16.9 Å². The van der Waals surface area contributed by atoms with E-state index in [1.807, 2.05) is 67.6 Å². The van der Waals surface area contributed by atoms with Crippen molar-refractivity contribution < 1.29 is 19.0 Å². The number of hydrogen-bond acceptors (Lipinski definition) is 4. The van der Waals surface area contributed by atoms with Crippen molar-refractivity contribution in [3.8, 4) is 5.75 Å². The first-order valence-electron chi connectivity index (χ1n) is 8.46. The van der Waals surface area contributed by atoms with Crippen LogP contribution < -0.4 is 4.74 Å². The molecule has 0 fully saturated rings. The minimum absolute atomic E-state index is 0.337. The van der Waals surface area contributed by atoms with Gasteiger partial charge in [0.1, 0.15) is 12.4 Å². The highest BCUT2D eigenvalue weighted by Crippen LogP contribution is 2.15. The largest absolute Gasteiger partial charge is 0.489 e. The Labute approximate surface area is 149 Å². The van der Waals surface area contributed by atoms with Crippen molar-refractivity contribution in [2.24, 2.45) is 0 Å². The number of carbonyl (C=O) groups excluding carboxylic acids is 1. The molecule has 25 heavy (non-hydrogen) atoms. The van der Waals surface area contributed by atoms with E-state index in [1.54, 1.807) is 13.0 Å². The van der Waals surface area contributed by atoms with Gasteiger partial charge in [-0.1, -0.05) is 48.5 Å². The van der Waals surface area contributed by atoms with Crippen molar-refractivity contribution in [1.29, 1.82) is 0 Å². The van der Waals surface area contributed by atoms with Crippen LogP contribution in [0.25, 0.3) is 6.08 Å². The fraction of sp³-hybridized carbons (Fsp3) is 0.286. The van der Waals surface area contributed by atoms with Crippen LogP contribution in [0.2, 0.25) is 0 Å². The second-order valence-corrected chi connectivity index (χ2v) is 5.33. The Bertz CT molecular complexity index is 662. The maximum absolute atomic E-state index is 11.8. The Kier molecular flexibility index (Phi) is 7.73. The summed E-state index contributed by atoms with van der Waals surface area (Å²) in [6, 6.07) is 17.7. The Balaban J connectivity index is 1.92. The molecule has 4 heteroatoms. The highest BCUT2D eigenvalue weighted by Gasteiger charge is 2.16. The van der Waals surface area contributed by atoms with Gasteiger partial charge < -0.3 is 14.2 Å². The molecule has 0 heterocycles. The second kappa shape index (κ2) is 10.3. The predicted octanol–water partition coefficient (Wildman–Crippen LogP) is 4.25. The van der Waals surface area contributed by atoms with E-state index in [1.165, 1.54) is 0 Å². The van der Waals surface area contributed by atoms with Crippen LogP contribution >= 0.6 is 0 Å². The molecule has 0 N–H and O–H groups in total. The lowest BCUT2D eigenvalue weighted by molar-refractivity contribution is -0.153. The fourth-order valence-electron chi connectivity index (χ4n) is 2.22. The van der Waals surface area contributed by atoms with E-state index >= 15 is 0 Å². The van der Waals surface area contributed by atoms with E-state index in [9.17, 15) is 4.79 Å². The van der Waals surface area contributed by atoms with Gasteiger partial charge in [0.15, 0.2) is 6.10 Å². The number of rotatable bonds is 9. The molecule has 0 bridgehead atoms. The summed E-state index contributed by atoms with van der Waals surface area (Å²) in [6.07, 6.45) is 2.87. The van der Waals surface area contributed by atoms with Gasteiger partial charge in [-0.3, -0.25) is 0 Å². The molecule has 0 radical (unpaired) electrons. The second-order valence-electron chi connectivity index (χ2n) is 5.33. The number of esters is 1. The van der Waals surface area contributed by atoms with E-state index < -0.39 is 6.10 Å². The zero-order valence-corrected chi connectivity index (χ0v) is 14.7. The van der Waals surface area contributed by atoms with Crippen molar-refractivity contribution in [1.82, 2.24) is 0 Å². The van der Waals surface area contributed by atoms with Gasteiger partial charge in [-0.05, 0) is 43.2 Å². The normalized spacial score (nSPS) is 12.1. The number of hydrogen-bond donors (Lipinski definition) is 0. The molecule has 1 atom stereocenters. The quantitative estimate of drug-likeness (QED) is 0.640. The zero-order chi connectivity index (χ0) is 17.9. The average Bonchev–Trinajstić information content (AvgIpc) is 2.65. The fourth-order valence-corrected chi connectivity index (χ4v) is 2.22. The molecule has 0 aliphatic carbocycles. The minimum atomic E-state index is -0.682. The molecule has 2 aromatic rings. The van der Waals surface area contributed by atoms with Gasteiger partial charge >= 0.3 is 5.97 Å². The Morgan fingerprint density at radius 3 is 2.36 bits per heavy atom. The van der Waals surface area contributed by atoms with E-state index in [0.29, 0.717) is 19.8 Å². The lowest BCUT2D eigenvalue weighted by atomic mass is 10.2. The van der Waals surface area contributed by atoms with Crippen LogP contribution in [0.1, 0.15) is 25.0 Å². The third kappa shape index (κ3) is 6.43. The van der Waals surface area contributed by atoms with Crippen LogP contribution in [-0.4, -0.2) is 25.3 Å². The van der Waals surface area contributed by atoms with Crippen LogP contribution in [0.15, 0.2) is 60.7 Å². The third-order valence-electron chi connectivity index (χ3n) is 3.46. The summed E-state index contributed by atoms with van der Waals surface area (Å²) in [4.78, 5) is 11.8. The van der Waals surface area contributed by atoms with Crippen molar-refractivity contribution in [3.63, 3.8) is 0 Å². The molecule has 0 aliphatic heterocycles. The molecule has 0 aromatic heterocycles. The van der Waals surface area contributed by atoms with Crippen molar-refractivity contribution in [2.45, 2.75) is 26.6 Å². The third-order valence-corrected chi connectivity index (χ3v) is 3.46. The summed E-state index contributed by atoms with van der Waals surface area (Å²) in [6.45, 7) is 4.94. The molecule has 2 aromatic carbocycles. The molecule has 0 saturated heterocycles. The Morgan fingerprint density at radius 2 is 1.72 bits per heavy atom. The molecule has 0 amide bonds. The van der Waals surface area contributed by atoms with Gasteiger partial charge in [-0.15, -0.1) is 0 Å². The first-order valence-corrected chi connectivity index (χ1v) is 8.46. The van der Waals surface area contributed by atoms with Crippen LogP contribution in [0.3, 0.4) is 0 Å². The highest BCUT2D eigenvalue weighted by molar-refractivity contribution is 5.78. The van der Waals surface area contributed by atoms with Gasteiger partial charge in [0.05, 0.1) is 6.61 Å². The summed E-state index contributed by atoms with van der Waals surface area (Å²) in [5.74, 6) is 0.427. The Morgan fingerprint density at radius 1 is 1.00 bits per heavy atom. The maximum Gasteiger partial charge on any atom is 0.339 e. The highest BCUT2D eigenvalue weighted by atomic mass is 16.6. The zero-order valence-electron chi connectivity index (χ0n) is 14.7. The average molecular weight is 340 g/mol. The molecule has 1 unspecified atom stereocenters. The van der Waals surface area contributed by atoms with Crippen LogP contribution in [-0.2, 0) is 20.9 Å². The van der Waals surface area contributed by atoms with E-state index in [4.69, 9.17) is 14.2 Å². The summed E-state index contributed by atoms with van der Waals surface area (Å²) >= 11 is 0. The minimum Gasteiger partial charge on any atom is -0.489 e. The maximum atomic E-state index is 11.8. The monoisotopic (exact) mass is 340 g/mol. The first-order chi connectivity index (χ1) is 12.2. The Hall–Kier alpha value is -2.59. The first kappa shape index (κ1) is 18.7. The van der Waals surface area contributed by atoms with Gasteiger partial charge in [0.25, 0.3) is 0 Å². The number of benzene rings is 2. The SMILES string of the molecule is CCOC(=O)C(/C=C/c1ccc(OCc2ccccc2)cc1)OCC. The molecule has 132 valence electrons. The molecule has 0 aliphatic rings. The molecule has 0 spiro atoms. The van der Waals surface area contributed by atoms with Crippen LogP contribution in [0.4, 0.5) is 0 Å². The molecule has 2 rings (SSSR count). The standard InChI is InChI=1S/C21H24O4/c1-3-23-20(21(22)24-4-2)15-12-17-10-13-19(14-11-17)25-16-18-8-6-5-7-9-18/h5-15,20H,3-4,16H2,1-2H3/b15-12+. The lowest BCUT2D eigenvalue weighted by Gasteiger charge is -2.11. The smallest absolute Gasteiger partial charge is 0.339 e. The molecule has 0 saturated carbocycles. The number of carbonyl (C=O) groups is 1. The van der Waals surface area contributed by atoms with Gasteiger partial charge in [-0.25, -0.2) is 4.79 Å². The van der Waals surface area contributed by atoms with Crippen LogP contribution in [0, 0.1) is 0 Å².